The Hall–Kier alpha value is -1.82. The Morgan fingerprint density at radius 3 is 2.71 bits per heavy atom. The summed E-state index contributed by atoms with van der Waals surface area (Å²) in [6, 6.07) is 8.47. The van der Waals surface area contributed by atoms with Crippen molar-refractivity contribution in [1.82, 2.24) is 9.55 Å². The van der Waals surface area contributed by atoms with Crippen molar-refractivity contribution in [2.75, 3.05) is 0 Å². The molecule has 3 nitrogen and oxygen atoms in total. The second kappa shape index (κ2) is 5.89. The Morgan fingerprint density at radius 1 is 1.29 bits per heavy atom. The highest BCUT2D eigenvalue weighted by atomic mass is 15.1. The van der Waals surface area contributed by atoms with E-state index in [-0.39, 0.29) is 0 Å². The first kappa shape index (κ1) is 14.1. The van der Waals surface area contributed by atoms with Crippen LogP contribution in [0.15, 0.2) is 18.2 Å². The van der Waals surface area contributed by atoms with E-state index in [1.807, 2.05) is 18.2 Å². The van der Waals surface area contributed by atoms with Gasteiger partial charge in [-0.05, 0) is 38.0 Å². The van der Waals surface area contributed by atoms with Gasteiger partial charge in [0, 0.05) is 12.5 Å². The zero-order valence-electron chi connectivity index (χ0n) is 13.0. The van der Waals surface area contributed by atoms with Gasteiger partial charge in [-0.25, -0.2) is 4.98 Å². The highest BCUT2D eigenvalue weighted by molar-refractivity contribution is 5.78. The summed E-state index contributed by atoms with van der Waals surface area (Å²) in [5.41, 5.74) is 2.82. The van der Waals surface area contributed by atoms with Gasteiger partial charge in [0.05, 0.1) is 22.7 Å². The fourth-order valence-corrected chi connectivity index (χ4v) is 3.59. The maximum Gasteiger partial charge on any atom is 0.110 e. The zero-order chi connectivity index (χ0) is 14.8. The number of imidazole rings is 1. The van der Waals surface area contributed by atoms with Crippen molar-refractivity contribution in [3.63, 3.8) is 0 Å². The molecule has 1 aliphatic carbocycles. The van der Waals surface area contributed by atoms with Gasteiger partial charge in [0.1, 0.15) is 5.82 Å². The quantitative estimate of drug-likeness (QED) is 0.824. The van der Waals surface area contributed by atoms with Crippen LogP contribution in [0.2, 0.25) is 0 Å². The van der Waals surface area contributed by atoms with Crippen LogP contribution in [0.25, 0.3) is 11.0 Å². The molecule has 0 bridgehead atoms. The molecule has 0 N–H and O–H groups in total. The molecule has 1 heterocycles. The predicted octanol–water partition coefficient (Wildman–Crippen LogP) is 4.61. The third kappa shape index (κ3) is 2.81. The minimum atomic E-state index is 0.404. The van der Waals surface area contributed by atoms with Crippen molar-refractivity contribution < 1.29 is 0 Å². The number of nitriles is 1. The van der Waals surface area contributed by atoms with Crippen LogP contribution in [0.4, 0.5) is 0 Å². The van der Waals surface area contributed by atoms with Gasteiger partial charge in [-0.15, -0.1) is 0 Å². The van der Waals surface area contributed by atoms with Gasteiger partial charge in [-0.3, -0.25) is 0 Å². The number of rotatable bonds is 3. The summed E-state index contributed by atoms with van der Waals surface area (Å²) in [7, 11) is 0. The van der Waals surface area contributed by atoms with Crippen LogP contribution in [0.1, 0.15) is 63.4 Å². The molecule has 3 rings (SSSR count). The smallest absolute Gasteiger partial charge is 0.110 e. The van der Waals surface area contributed by atoms with Crippen molar-refractivity contribution in [2.24, 2.45) is 5.92 Å². The van der Waals surface area contributed by atoms with E-state index < -0.39 is 0 Å². The molecule has 0 radical (unpaired) electrons. The van der Waals surface area contributed by atoms with Crippen molar-refractivity contribution in [1.29, 1.82) is 5.26 Å². The molecule has 1 aliphatic rings. The van der Waals surface area contributed by atoms with Crippen LogP contribution in [0.5, 0.6) is 0 Å². The zero-order valence-corrected chi connectivity index (χ0v) is 13.0. The summed E-state index contributed by atoms with van der Waals surface area (Å²) >= 11 is 0. The molecule has 0 spiro atoms. The van der Waals surface area contributed by atoms with Gasteiger partial charge in [0.2, 0.25) is 0 Å². The van der Waals surface area contributed by atoms with Crippen LogP contribution >= 0.6 is 0 Å². The van der Waals surface area contributed by atoms with Gasteiger partial charge in [-0.1, -0.05) is 32.1 Å². The minimum absolute atomic E-state index is 0.404. The van der Waals surface area contributed by atoms with Gasteiger partial charge >= 0.3 is 0 Å². The molecule has 1 fully saturated rings. The van der Waals surface area contributed by atoms with Gasteiger partial charge < -0.3 is 4.57 Å². The number of fused-ring (bicyclic) bond motifs is 1. The predicted molar refractivity (Wildman–Crippen MR) is 85.1 cm³/mol. The average Bonchev–Trinajstić information content (AvgIpc) is 2.85. The molecule has 1 saturated carbocycles. The summed E-state index contributed by atoms with van der Waals surface area (Å²) in [5.74, 6) is 1.98. The molecular formula is C18H23N3. The Kier molecular flexibility index (Phi) is 3.96. The summed E-state index contributed by atoms with van der Waals surface area (Å²) in [6.07, 6.45) is 7.88. The van der Waals surface area contributed by atoms with Crippen molar-refractivity contribution >= 4 is 11.0 Å². The van der Waals surface area contributed by atoms with E-state index in [0.29, 0.717) is 11.6 Å². The van der Waals surface area contributed by atoms with Crippen molar-refractivity contribution in [3.8, 4) is 6.07 Å². The first-order valence-electron chi connectivity index (χ1n) is 8.10. The monoisotopic (exact) mass is 281 g/mol. The van der Waals surface area contributed by atoms with Crippen LogP contribution in [0, 0.1) is 17.2 Å². The number of hydrogen-bond donors (Lipinski definition) is 0. The fourth-order valence-electron chi connectivity index (χ4n) is 3.59. The topological polar surface area (TPSA) is 41.6 Å². The van der Waals surface area contributed by atoms with E-state index in [0.717, 1.165) is 23.4 Å². The first-order chi connectivity index (χ1) is 10.2. The second-order valence-corrected chi connectivity index (χ2v) is 6.52. The Balaban J connectivity index is 1.99. The SMILES string of the molecule is CC(C)n1c(CC2CCCCC2)nc2cc(C#N)ccc21. The summed E-state index contributed by atoms with van der Waals surface area (Å²) in [6.45, 7) is 4.42. The first-order valence-corrected chi connectivity index (χ1v) is 8.10. The highest BCUT2D eigenvalue weighted by Crippen LogP contribution is 2.29. The molecule has 3 heteroatoms. The molecule has 1 aromatic heterocycles. The van der Waals surface area contributed by atoms with E-state index in [2.05, 4.69) is 24.5 Å². The van der Waals surface area contributed by atoms with Crippen LogP contribution in [0.3, 0.4) is 0 Å². The number of aromatic nitrogens is 2. The lowest BCUT2D eigenvalue weighted by Crippen LogP contribution is -2.14. The van der Waals surface area contributed by atoms with Crippen LogP contribution in [-0.4, -0.2) is 9.55 Å². The van der Waals surface area contributed by atoms with Gasteiger partial charge in [0.25, 0.3) is 0 Å². The molecule has 0 atom stereocenters. The second-order valence-electron chi connectivity index (χ2n) is 6.52. The highest BCUT2D eigenvalue weighted by Gasteiger charge is 2.19. The summed E-state index contributed by atoms with van der Waals surface area (Å²) < 4.78 is 2.35. The van der Waals surface area contributed by atoms with Crippen molar-refractivity contribution in [2.45, 2.75) is 58.4 Å². The Labute approximate surface area is 126 Å². The van der Waals surface area contributed by atoms with Crippen molar-refractivity contribution in [3.05, 3.63) is 29.6 Å². The summed E-state index contributed by atoms with van der Waals surface area (Å²) in [4.78, 5) is 4.85. The lowest BCUT2D eigenvalue weighted by atomic mass is 9.87. The lowest BCUT2D eigenvalue weighted by Gasteiger charge is -2.22. The lowest BCUT2D eigenvalue weighted by molar-refractivity contribution is 0.346. The number of hydrogen-bond acceptors (Lipinski definition) is 2. The summed E-state index contributed by atoms with van der Waals surface area (Å²) in [5, 5.41) is 9.06. The standard InChI is InChI=1S/C18H23N3/c1-13(2)21-17-9-8-15(12-19)10-16(17)20-18(21)11-14-6-4-3-5-7-14/h8-10,13-14H,3-7,11H2,1-2H3. The average molecular weight is 281 g/mol. The molecule has 21 heavy (non-hydrogen) atoms. The maximum atomic E-state index is 9.06. The van der Waals surface area contributed by atoms with E-state index in [9.17, 15) is 0 Å². The third-order valence-electron chi connectivity index (χ3n) is 4.60. The Bertz CT molecular complexity index is 670. The van der Waals surface area contributed by atoms with Crippen LogP contribution < -0.4 is 0 Å². The molecule has 0 aliphatic heterocycles. The molecular weight excluding hydrogens is 258 g/mol. The van der Waals surface area contributed by atoms with E-state index in [1.54, 1.807) is 0 Å². The molecule has 0 amide bonds. The molecule has 2 aromatic rings. The van der Waals surface area contributed by atoms with E-state index in [4.69, 9.17) is 10.2 Å². The minimum Gasteiger partial charge on any atom is -0.325 e. The normalized spacial score (nSPS) is 16.5. The molecule has 110 valence electrons. The molecule has 0 saturated heterocycles. The molecule has 1 aromatic carbocycles. The van der Waals surface area contributed by atoms with Gasteiger partial charge in [-0.2, -0.15) is 5.26 Å². The maximum absolute atomic E-state index is 9.06. The Morgan fingerprint density at radius 2 is 2.05 bits per heavy atom. The van der Waals surface area contributed by atoms with Crippen LogP contribution in [-0.2, 0) is 6.42 Å². The fraction of sp³-hybridized carbons (Fsp3) is 0.556. The van der Waals surface area contributed by atoms with E-state index in [1.165, 1.54) is 37.9 Å². The number of benzene rings is 1. The number of nitrogens with zero attached hydrogens (tertiary/aromatic N) is 3. The molecule has 0 unspecified atom stereocenters. The largest absolute Gasteiger partial charge is 0.325 e. The van der Waals surface area contributed by atoms with E-state index >= 15 is 0 Å². The van der Waals surface area contributed by atoms with Gasteiger partial charge in [0.15, 0.2) is 0 Å². The third-order valence-corrected chi connectivity index (χ3v) is 4.60.